The van der Waals surface area contributed by atoms with Crippen molar-refractivity contribution in [1.82, 2.24) is 4.90 Å². The van der Waals surface area contributed by atoms with Gasteiger partial charge in [-0.3, -0.25) is 9.69 Å². The maximum atomic E-state index is 12.1. The summed E-state index contributed by atoms with van der Waals surface area (Å²) in [6.07, 6.45) is 2.49. The van der Waals surface area contributed by atoms with Crippen molar-refractivity contribution in [3.8, 4) is 0 Å². The maximum Gasteiger partial charge on any atom is 0.186 e. The fourth-order valence-electron chi connectivity index (χ4n) is 2.64. The summed E-state index contributed by atoms with van der Waals surface area (Å²) in [7, 11) is 0. The molecular formula is C15H23NOS. The number of carbonyl (C=O) groups excluding carboxylic acids is 1. The Hall–Kier alpha value is -0.670. The molecule has 1 aliphatic heterocycles. The highest BCUT2D eigenvalue weighted by Gasteiger charge is 2.23. The van der Waals surface area contributed by atoms with Gasteiger partial charge in [-0.1, -0.05) is 13.8 Å². The quantitative estimate of drug-likeness (QED) is 0.775. The SMILES string of the molecule is Cc1ccc(C(=O)CN2CCC(C(C)C)CC2)s1. The number of Topliss-reactive ketones (excluding diaryl/α,β-unsaturated/α-hetero) is 1. The monoisotopic (exact) mass is 265 g/mol. The van der Waals surface area contributed by atoms with Crippen LogP contribution < -0.4 is 0 Å². The van der Waals surface area contributed by atoms with Crippen molar-refractivity contribution in [2.24, 2.45) is 11.8 Å². The van der Waals surface area contributed by atoms with Crippen molar-refractivity contribution < 1.29 is 4.79 Å². The predicted molar refractivity (Wildman–Crippen MR) is 77.4 cm³/mol. The Bertz CT molecular complexity index is 402. The van der Waals surface area contributed by atoms with Gasteiger partial charge in [-0.15, -0.1) is 11.3 Å². The largest absolute Gasteiger partial charge is 0.296 e. The fraction of sp³-hybridized carbons (Fsp3) is 0.667. The number of hydrogen-bond acceptors (Lipinski definition) is 3. The van der Waals surface area contributed by atoms with E-state index in [-0.39, 0.29) is 5.78 Å². The number of likely N-dealkylation sites (tertiary alicyclic amines) is 1. The van der Waals surface area contributed by atoms with Gasteiger partial charge in [0, 0.05) is 4.88 Å². The summed E-state index contributed by atoms with van der Waals surface area (Å²) < 4.78 is 0. The Morgan fingerprint density at radius 3 is 2.56 bits per heavy atom. The minimum absolute atomic E-state index is 0.288. The number of rotatable bonds is 4. The summed E-state index contributed by atoms with van der Waals surface area (Å²) in [6.45, 7) is 9.43. The highest BCUT2D eigenvalue weighted by atomic mass is 32.1. The van der Waals surface area contributed by atoms with Crippen LogP contribution in [0.4, 0.5) is 0 Å². The molecule has 2 nitrogen and oxygen atoms in total. The van der Waals surface area contributed by atoms with Crippen LogP contribution >= 0.6 is 11.3 Å². The van der Waals surface area contributed by atoms with E-state index in [1.165, 1.54) is 17.7 Å². The number of nitrogens with zero attached hydrogens (tertiary/aromatic N) is 1. The summed E-state index contributed by atoms with van der Waals surface area (Å²) in [5.41, 5.74) is 0. The molecular weight excluding hydrogens is 242 g/mol. The first-order chi connectivity index (χ1) is 8.56. The summed E-state index contributed by atoms with van der Waals surface area (Å²) in [5.74, 6) is 1.92. The lowest BCUT2D eigenvalue weighted by Gasteiger charge is -2.33. The van der Waals surface area contributed by atoms with Crippen LogP contribution in [-0.2, 0) is 0 Å². The predicted octanol–water partition coefficient (Wildman–Crippen LogP) is 3.61. The maximum absolute atomic E-state index is 12.1. The smallest absolute Gasteiger partial charge is 0.186 e. The average molecular weight is 265 g/mol. The second-order valence-electron chi connectivity index (χ2n) is 5.69. The van der Waals surface area contributed by atoms with Crippen LogP contribution in [0.1, 0.15) is 41.2 Å². The van der Waals surface area contributed by atoms with Crippen LogP contribution in [0.2, 0.25) is 0 Å². The van der Waals surface area contributed by atoms with Crippen LogP contribution in [0.15, 0.2) is 12.1 Å². The Kier molecular flexibility index (Phi) is 4.57. The third-order valence-corrected chi connectivity index (χ3v) is 5.00. The first-order valence-corrected chi connectivity index (χ1v) is 7.70. The number of carbonyl (C=O) groups is 1. The summed E-state index contributed by atoms with van der Waals surface area (Å²) in [5, 5.41) is 0. The Labute approximate surface area is 114 Å². The van der Waals surface area contributed by atoms with E-state index in [9.17, 15) is 4.79 Å². The van der Waals surface area contributed by atoms with Crippen LogP contribution in [0.5, 0.6) is 0 Å². The lowest BCUT2D eigenvalue weighted by Crippen LogP contribution is -2.38. The van der Waals surface area contributed by atoms with Crippen molar-refractivity contribution >= 4 is 17.1 Å². The molecule has 0 aliphatic carbocycles. The molecule has 1 aromatic rings. The van der Waals surface area contributed by atoms with Gasteiger partial charge in [0.1, 0.15) is 0 Å². The molecule has 2 rings (SSSR count). The topological polar surface area (TPSA) is 20.3 Å². The third kappa shape index (κ3) is 3.42. The molecule has 0 unspecified atom stereocenters. The van der Waals surface area contributed by atoms with Crippen molar-refractivity contribution in [3.05, 3.63) is 21.9 Å². The lowest BCUT2D eigenvalue weighted by atomic mass is 9.87. The average Bonchev–Trinajstić information content (AvgIpc) is 2.76. The normalized spacial score (nSPS) is 18.4. The fourth-order valence-corrected chi connectivity index (χ4v) is 3.44. The standard InChI is InChI=1S/C15H23NOS/c1-11(2)13-6-8-16(9-7-13)10-14(17)15-5-4-12(3)18-15/h4-5,11,13H,6-10H2,1-3H3. The molecule has 0 atom stereocenters. The highest BCUT2D eigenvalue weighted by Crippen LogP contribution is 2.24. The second kappa shape index (κ2) is 5.98. The molecule has 3 heteroatoms. The highest BCUT2D eigenvalue weighted by molar-refractivity contribution is 7.14. The molecule has 0 saturated carbocycles. The third-order valence-electron chi connectivity index (χ3n) is 3.96. The van der Waals surface area contributed by atoms with Crippen LogP contribution in [0, 0.1) is 18.8 Å². The van der Waals surface area contributed by atoms with Crippen LogP contribution in [-0.4, -0.2) is 30.3 Å². The Morgan fingerprint density at radius 1 is 1.39 bits per heavy atom. The Balaban J connectivity index is 1.83. The molecule has 0 bridgehead atoms. The van der Waals surface area contributed by atoms with E-state index in [1.807, 2.05) is 12.1 Å². The number of aryl methyl sites for hydroxylation is 1. The zero-order valence-corrected chi connectivity index (χ0v) is 12.4. The van der Waals surface area contributed by atoms with Gasteiger partial charge in [0.25, 0.3) is 0 Å². The van der Waals surface area contributed by atoms with Gasteiger partial charge in [0.15, 0.2) is 5.78 Å². The van der Waals surface area contributed by atoms with E-state index < -0.39 is 0 Å². The van der Waals surface area contributed by atoms with Gasteiger partial charge >= 0.3 is 0 Å². The molecule has 1 aliphatic rings. The molecule has 0 radical (unpaired) electrons. The first-order valence-electron chi connectivity index (χ1n) is 6.88. The van der Waals surface area contributed by atoms with E-state index in [2.05, 4.69) is 25.7 Å². The molecule has 0 amide bonds. The van der Waals surface area contributed by atoms with Crippen molar-refractivity contribution in [2.75, 3.05) is 19.6 Å². The Morgan fingerprint density at radius 2 is 2.06 bits per heavy atom. The minimum atomic E-state index is 0.288. The molecule has 1 saturated heterocycles. The summed E-state index contributed by atoms with van der Waals surface area (Å²) in [6, 6.07) is 3.99. The molecule has 0 aromatic carbocycles. The number of thiophene rings is 1. The van der Waals surface area contributed by atoms with E-state index in [0.717, 1.165) is 29.8 Å². The van der Waals surface area contributed by atoms with Gasteiger partial charge in [0.2, 0.25) is 0 Å². The van der Waals surface area contributed by atoms with Crippen LogP contribution in [0.25, 0.3) is 0 Å². The van der Waals surface area contributed by atoms with Gasteiger partial charge in [-0.2, -0.15) is 0 Å². The van der Waals surface area contributed by atoms with Gasteiger partial charge in [-0.05, 0) is 56.8 Å². The molecule has 2 heterocycles. The number of ketones is 1. The van der Waals surface area contributed by atoms with Crippen molar-refractivity contribution in [1.29, 1.82) is 0 Å². The minimum Gasteiger partial charge on any atom is -0.296 e. The van der Waals surface area contributed by atoms with Gasteiger partial charge < -0.3 is 0 Å². The van der Waals surface area contributed by atoms with E-state index in [4.69, 9.17) is 0 Å². The lowest BCUT2D eigenvalue weighted by molar-refractivity contribution is 0.0884. The van der Waals surface area contributed by atoms with Crippen molar-refractivity contribution in [3.63, 3.8) is 0 Å². The molecule has 0 N–H and O–H groups in total. The van der Waals surface area contributed by atoms with Gasteiger partial charge in [-0.25, -0.2) is 0 Å². The number of hydrogen-bond donors (Lipinski definition) is 0. The zero-order chi connectivity index (χ0) is 13.1. The summed E-state index contributed by atoms with van der Waals surface area (Å²) in [4.78, 5) is 16.6. The second-order valence-corrected chi connectivity index (χ2v) is 6.98. The zero-order valence-electron chi connectivity index (χ0n) is 11.6. The molecule has 100 valence electrons. The van der Waals surface area contributed by atoms with E-state index in [1.54, 1.807) is 11.3 Å². The van der Waals surface area contributed by atoms with E-state index >= 15 is 0 Å². The number of piperidine rings is 1. The van der Waals surface area contributed by atoms with Gasteiger partial charge in [0.05, 0.1) is 11.4 Å². The first kappa shape index (κ1) is 13.8. The molecule has 0 spiro atoms. The molecule has 18 heavy (non-hydrogen) atoms. The molecule has 1 fully saturated rings. The van der Waals surface area contributed by atoms with Crippen LogP contribution in [0.3, 0.4) is 0 Å². The molecule has 1 aromatic heterocycles. The van der Waals surface area contributed by atoms with E-state index in [0.29, 0.717) is 6.54 Å². The summed E-state index contributed by atoms with van der Waals surface area (Å²) >= 11 is 1.61. The van der Waals surface area contributed by atoms with Crippen molar-refractivity contribution in [2.45, 2.75) is 33.6 Å².